The normalized spacial score (nSPS) is 10.1. The summed E-state index contributed by atoms with van der Waals surface area (Å²) < 4.78 is 5.77. The summed E-state index contributed by atoms with van der Waals surface area (Å²) in [6.07, 6.45) is 2.27. The quantitative estimate of drug-likeness (QED) is 0.672. The highest BCUT2D eigenvalue weighted by Crippen LogP contribution is 2.32. The first kappa shape index (κ1) is 13.9. The van der Waals surface area contributed by atoms with Crippen LogP contribution in [0.5, 0.6) is 11.6 Å². The summed E-state index contributed by atoms with van der Waals surface area (Å²) in [4.78, 5) is 28.3. The molecule has 0 saturated heterocycles. The maximum atomic E-state index is 10.8. The number of halogens is 1. The van der Waals surface area contributed by atoms with Crippen molar-refractivity contribution in [3.05, 3.63) is 50.9 Å². The molecule has 20 heavy (non-hydrogen) atoms. The predicted octanol–water partition coefficient (Wildman–Crippen LogP) is 2.64. The fraction of sp³-hybridized carbons (Fsp3) is 0. The van der Waals surface area contributed by atoms with Crippen LogP contribution in [-0.2, 0) is 0 Å². The molecule has 1 aromatic carbocycles. The van der Waals surface area contributed by atoms with E-state index < -0.39 is 10.9 Å². The van der Waals surface area contributed by atoms with Gasteiger partial charge in [0.15, 0.2) is 11.4 Å². The zero-order chi connectivity index (χ0) is 14.7. The number of nitrogens with zero attached hydrogens (tertiary/aromatic N) is 3. The van der Waals surface area contributed by atoms with E-state index in [2.05, 4.69) is 25.9 Å². The average Bonchev–Trinajstić information content (AvgIpc) is 2.41. The number of hydrogen-bond acceptors (Lipinski definition) is 6. The molecule has 0 aliphatic rings. The Morgan fingerprint density at radius 1 is 1.40 bits per heavy atom. The summed E-state index contributed by atoms with van der Waals surface area (Å²) in [5.41, 5.74) is -0.449. The van der Waals surface area contributed by atoms with Crippen LogP contribution < -0.4 is 4.74 Å². The van der Waals surface area contributed by atoms with Gasteiger partial charge in [0.1, 0.15) is 0 Å². The van der Waals surface area contributed by atoms with E-state index in [-0.39, 0.29) is 23.0 Å². The molecule has 8 nitrogen and oxygen atoms in total. The topological polar surface area (TPSA) is 115 Å². The number of rotatable bonds is 4. The Hall–Kier alpha value is -2.55. The molecule has 102 valence electrons. The largest absolute Gasteiger partial charge is 0.476 e. The minimum Gasteiger partial charge on any atom is -0.476 e. The van der Waals surface area contributed by atoms with Gasteiger partial charge in [0, 0.05) is 6.07 Å². The van der Waals surface area contributed by atoms with E-state index in [1.807, 2.05) is 0 Å². The summed E-state index contributed by atoms with van der Waals surface area (Å²) >= 11 is 3.17. The zero-order valence-corrected chi connectivity index (χ0v) is 11.3. The van der Waals surface area contributed by atoms with Crippen molar-refractivity contribution in [2.75, 3.05) is 0 Å². The van der Waals surface area contributed by atoms with Crippen molar-refractivity contribution >= 4 is 27.6 Å². The number of nitro groups is 1. The number of aromatic nitrogens is 2. The third-order valence-corrected chi connectivity index (χ3v) is 2.83. The molecule has 0 saturated carbocycles. The first-order chi connectivity index (χ1) is 9.47. The second-order valence-electron chi connectivity index (χ2n) is 3.52. The summed E-state index contributed by atoms with van der Waals surface area (Å²) in [5, 5.41) is 19.5. The SMILES string of the molecule is O=C(O)c1cncc(Oc2cc([N+](=O)[O-])ccc2Br)n1. The van der Waals surface area contributed by atoms with Crippen molar-refractivity contribution < 1.29 is 19.6 Å². The highest BCUT2D eigenvalue weighted by Gasteiger charge is 2.13. The van der Waals surface area contributed by atoms with Crippen molar-refractivity contribution in [2.45, 2.75) is 0 Å². The zero-order valence-electron chi connectivity index (χ0n) is 9.69. The molecule has 0 bridgehead atoms. The van der Waals surface area contributed by atoms with Crippen LogP contribution in [0.15, 0.2) is 35.1 Å². The summed E-state index contributed by atoms with van der Waals surface area (Å²) in [7, 11) is 0. The van der Waals surface area contributed by atoms with Crippen LogP contribution in [0.3, 0.4) is 0 Å². The van der Waals surface area contributed by atoms with Gasteiger partial charge < -0.3 is 9.84 Å². The Morgan fingerprint density at radius 2 is 2.15 bits per heavy atom. The van der Waals surface area contributed by atoms with E-state index in [9.17, 15) is 14.9 Å². The second kappa shape index (κ2) is 5.61. The standard InChI is InChI=1S/C11H6BrN3O5/c12-7-2-1-6(15(18)19)3-9(7)20-10-5-13-4-8(14-10)11(16)17/h1-5H,(H,16,17). The molecule has 2 aromatic rings. The number of carboxylic acids is 1. The van der Waals surface area contributed by atoms with Crippen LogP contribution in [0.2, 0.25) is 0 Å². The van der Waals surface area contributed by atoms with E-state index in [0.29, 0.717) is 4.47 Å². The van der Waals surface area contributed by atoms with E-state index in [0.717, 1.165) is 6.20 Å². The number of hydrogen-bond donors (Lipinski definition) is 1. The number of ether oxygens (including phenoxy) is 1. The molecular formula is C11H6BrN3O5. The van der Waals surface area contributed by atoms with Crippen molar-refractivity contribution in [3.8, 4) is 11.6 Å². The molecule has 0 radical (unpaired) electrons. The molecule has 9 heteroatoms. The maximum absolute atomic E-state index is 10.8. The highest BCUT2D eigenvalue weighted by molar-refractivity contribution is 9.10. The Morgan fingerprint density at radius 3 is 2.80 bits per heavy atom. The molecule has 0 aliphatic carbocycles. The highest BCUT2D eigenvalue weighted by atomic mass is 79.9. The molecule has 0 atom stereocenters. The van der Waals surface area contributed by atoms with Gasteiger partial charge in [-0.3, -0.25) is 15.1 Å². The third-order valence-electron chi connectivity index (χ3n) is 2.17. The molecule has 1 N–H and O–H groups in total. The molecular weight excluding hydrogens is 334 g/mol. The first-order valence-corrected chi connectivity index (χ1v) is 5.94. The predicted molar refractivity (Wildman–Crippen MR) is 69.9 cm³/mol. The minimum absolute atomic E-state index is 0.0777. The number of aromatic carboxylic acids is 1. The van der Waals surface area contributed by atoms with E-state index in [4.69, 9.17) is 9.84 Å². The number of carboxylic acid groups (broad SMARTS) is 1. The van der Waals surface area contributed by atoms with Gasteiger partial charge in [0.25, 0.3) is 5.69 Å². The Balaban J connectivity index is 2.34. The van der Waals surface area contributed by atoms with Crippen molar-refractivity contribution in [1.82, 2.24) is 9.97 Å². The molecule has 1 heterocycles. The lowest BCUT2D eigenvalue weighted by molar-refractivity contribution is -0.384. The lowest BCUT2D eigenvalue weighted by Crippen LogP contribution is -2.02. The number of nitro benzene ring substituents is 1. The van der Waals surface area contributed by atoms with Gasteiger partial charge in [-0.2, -0.15) is 0 Å². The molecule has 0 amide bonds. The fourth-order valence-electron chi connectivity index (χ4n) is 1.30. The van der Waals surface area contributed by atoms with E-state index in [1.165, 1.54) is 24.4 Å². The number of non-ortho nitro benzene ring substituents is 1. The minimum atomic E-state index is -1.25. The Kier molecular flexibility index (Phi) is 3.89. The Labute approximate surface area is 120 Å². The van der Waals surface area contributed by atoms with Gasteiger partial charge in [0.05, 0.1) is 27.9 Å². The average molecular weight is 340 g/mol. The van der Waals surface area contributed by atoms with E-state index >= 15 is 0 Å². The smallest absolute Gasteiger partial charge is 0.356 e. The second-order valence-corrected chi connectivity index (χ2v) is 4.38. The van der Waals surface area contributed by atoms with Gasteiger partial charge in [-0.1, -0.05) is 0 Å². The van der Waals surface area contributed by atoms with Gasteiger partial charge in [0.2, 0.25) is 5.88 Å². The maximum Gasteiger partial charge on any atom is 0.356 e. The molecule has 0 fully saturated rings. The summed E-state index contributed by atoms with van der Waals surface area (Å²) in [6.45, 7) is 0. The van der Waals surface area contributed by atoms with Crippen molar-refractivity contribution in [3.63, 3.8) is 0 Å². The number of carbonyl (C=O) groups is 1. The summed E-state index contributed by atoms with van der Waals surface area (Å²) in [5.74, 6) is -1.19. The van der Waals surface area contributed by atoms with E-state index in [1.54, 1.807) is 0 Å². The third kappa shape index (κ3) is 3.06. The van der Waals surface area contributed by atoms with Crippen LogP contribution >= 0.6 is 15.9 Å². The lowest BCUT2D eigenvalue weighted by atomic mass is 10.3. The molecule has 2 rings (SSSR count). The van der Waals surface area contributed by atoms with Crippen LogP contribution in [-0.4, -0.2) is 26.0 Å². The van der Waals surface area contributed by atoms with Gasteiger partial charge in [-0.25, -0.2) is 9.78 Å². The first-order valence-electron chi connectivity index (χ1n) is 5.14. The van der Waals surface area contributed by atoms with Crippen molar-refractivity contribution in [2.24, 2.45) is 0 Å². The van der Waals surface area contributed by atoms with Crippen molar-refractivity contribution in [1.29, 1.82) is 0 Å². The Bertz CT molecular complexity index is 692. The summed E-state index contributed by atoms with van der Waals surface area (Å²) in [6, 6.07) is 3.94. The van der Waals surface area contributed by atoms with Gasteiger partial charge in [-0.15, -0.1) is 0 Å². The molecule has 1 aromatic heterocycles. The van der Waals surface area contributed by atoms with Gasteiger partial charge in [-0.05, 0) is 22.0 Å². The van der Waals surface area contributed by atoms with Crippen LogP contribution in [0, 0.1) is 10.1 Å². The van der Waals surface area contributed by atoms with Crippen LogP contribution in [0.25, 0.3) is 0 Å². The van der Waals surface area contributed by atoms with Gasteiger partial charge >= 0.3 is 5.97 Å². The number of benzene rings is 1. The molecule has 0 spiro atoms. The molecule has 0 unspecified atom stereocenters. The van der Waals surface area contributed by atoms with Crippen LogP contribution in [0.1, 0.15) is 10.5 Å². The fourth-order valence-corrected chi connectivity index (χ4v) is 1.62. The van der Waals surface area contributed by atoms with Crippen LogP contribution in [0.4, 0.5) is 5.69 Å². The monoisotopic (exact) mass is 339 g/mol. The lowest BCUT2D eigenvalue weighted by Gasteiger charge is -2.06. The molecule has 0 aliphatic heterocycles.